The van der Waals surface area contributed by atoms with Crippen molar-refractivity contribution in [2.24, 2.45) is 0 Å². The average Bonchev–Trinajstić information content (AvgIpc) is 2.54. The third-order valence-corrected chi connectivity index (χ3v) is 3.58. The Bertz CT molecular complexity index is 867. The molecule has 0 fully saturated rings. The van der Waals surface area contributed by atoms with Crippen molar-refractivity contribution in [1.29, 1.82) is 0 Å². The third kappa shape index (κ3) is 3.02. The van der Waals surface area contributed by atoms with Gasteiger partial charge in [-0.3, -0.25) is 0 Å². The molecule has 0 saturated heterocycles. The van der Waals surface area contributed by atoms with Crippen LogP contribution in [0.2, 0.25) is 0 Å². The summed E-state index contributed by atoms with van der Waals surface area (Å²) in [6.45, 7) is 0. The maximum Gasteiger partial charge on any atom is 0.417 e. The minimum absolute atomic E-state index is 0.177. The molecule has 24 heavy (non-hydrogen) atoms. The molecule has 0 heterocycles. The Morgan fingerprint density at radius 1 is 0.792 bits per heavy atom. The highest BCUT2D eigenvalue weighted by Crippen LogP contribution is 2.43. The van der Waals surface area contributed by atoms with Gasteiger partial charge in [0.05, 0.1) is 5.56 Å². The molecule has 0 nitrogen and oxygen atoms in total. The molecule has 0 bridgehead atoms. The van der Waals surface area contributed by atoms with Crippen molar-refractivity contribution in [2.75, 3.05) is 0 Å². The van der Waals surface area contributed by atoms with E-state index < -0.39 is 23.4 Å². The lowest BCUT2D eigenvalue weighted by Gasteiger charge is -2.18. The summed E-state index contributed by atoms with van der Waals surface area (Å²) in [5.74, 6) is -1.91. The van der Waals surface area contributed by atoms with Crippen LogP contribution in [0.15, 0.2) is 60.7 Å². The van der Waals surface area contributed by atoms with Crippen LogP contribution >= 0.6 is 0 Å². The second-order valence-electron chi connectivity index (χ2n) is 5.15. The summed E-state index contributed by atoms with van der Waals surface area (Å²) in [7, 11) is 0. The standard InChI is InChI=1S/C19H10F5/c20-13-9-10-15(17(21)11-13)18-14(12-5-2-1-3-6-12)7-4-8-16(18)19(22,23)24/h1-3,5-11H. The largest absolute Gasteiger partial charge is 0.417 e. The fourth-order valence-electron chi connectivity index (χ4n) is 2.55. The molecule has 0 spiro atoms. The monoisotopic (exact) mass is 333 g/mol. The number of alkyl halides is 3. The molecule has 0 saturated carbocycles. The van der Waals surface area contributed by atoms with Crippen molar-refractivity contribution < 1.29 is 22.0 Å². The van der Waals surface area contributed by atoms with Crippen LogP contribution in [0, 0.1) is 17.7 Å². The number of hydrogen-bond acceptors (Lipinski definition) is 0. The van der Waals surface area contributed by atoms with Gasteiger partial charge in [-0.1, -0.05) is 30.3 Å². The van der Waals surface area contributed by atoms with Crippen LogP contribution in [0.3, 0.4) is 0 Å². The first-order valence-corrected chi connectivity index (χ1v) is 7.00. The number of halogens is 5. The highest BCUT2D eigenvalue weighted by molar-refractivity contribution is 5.86. The van der Waals surface area contributed by atoms with Crippen LogP contribution in [0.5, 0.6) is 0 Å². The van der Waals surface area contributed by atoms with Gasteiger partial charge in [0, 0.05) is 17.2 Å². The van der Waals surface area contributed by atoms with Crippen LogP contribution in [-0.4, -0.2) is 0 Å². The van der Waals surface area contributed by atoms with E-state index in [1.807, 2.05) is 0 Å². The van der Waals surface area contributed by atoms with Crippen molar-refractivity contribution in [3.8, 4) is 22.3 Å². The maximum absolute atomic E-state index is 14.2. The normalized spacial score (nSPS) is 11.5. The van der Waals surface area contributed by atoms with E-state index in [1.165, 1.54) is 6.07 Å². The van der Waals surface area contributed by atoms with Gasteiger partial charge in [-0.2, -0.15) is 13.2 Å². The molecular weight excluding hydrogens is 323 g/mol. The molecule has 1 radical (unpaired) electrons. The molecule has 3 aromatic rings. The predicted molar refractivity (Wildman–Crippen MR) is 81.1 cm³/mol. The summed E-state index contributed by atoms with van der Waals surface area (Å²) in [6, 6.07) is 15.4. The van der Waals surface area contributed by atoms with Gasteiger partial charge in [-0.05, 0) is 41.5 Å². The molecule has 0 amide bonds. The minimum Gasteiger partial charge on any atom is -0.207 e. The highest BCUT2D eigenvalue weighted by atomic mass is 19.4. The van der Waals surface area contributed by atoms with Gasteiger partial charge >= 0.3 is 6.18 Å². The molecule has 0 aromatic heterocycles. The average molecular weight is 333 g/mol. The zero-order valence-electron chi connectivity index (χ0n) is 12.2. The van der Waals surface area contributed by atoms with Crippen LogP contribution in [0.25, 0.3) is 22.3 Å². The first-order chi connectivity index (χ1) is 11.4. The second-order valence-corrected chi connectivity index (χ2v) is 5.15. The molecule has 0 aliphatic rings. The van der Waals surface area contributed by atoms with Crippen LogP contribution in [-0.2, 0) is 6.18 Å². The molecule has 0 unspecified atom stereocenters. The number of benzene rings is 3. The summed E-state index contributed by atoms with van der Waals surface area (Å²) in [5.41, 5.74) is -0.995. The van der Waals surface area contributed by atoms with E-state index in [4.69, 9.17) is 0 Å². The van der Waals surface area contributed by atoms with E-state index in [0.29, 0.717) is 11.6 Å². The van der Waals surface area contributed by atoms with Crippen molar-refractivity contribution in [3.63, 3.8) is 0 Å². The molecule has 3 aromatic carbocycles. The molecule has 0 N–H and O–H groups in total. The molecule has 121 valence electrons. The summed E-state index contributed by atoms with van der Waals surface area (Å²) < 4.78 is 67.6. The summed E-state index contributed by atoms with van der Waals surface area (Å²) in [5, 5.41) is 0. The SMILES string of the molecule is Fc1ccc(-c2c(-c3ccccc3)c[c]cc2C(F)(F)F)c(F)c1. The van der Waals surface area contributed by atoms with Crippen molar-refractivity contribution in [1.82, 2.24) is 0 Å². The zero-order chi connectivity index (χ0) is 17.3. The number of hydrogen-bond donors (Lipinski definition) is 0. The Morgan fingerprint density at radius 3 is 2.12 bits per heavy atom. The van der Waals surface area contributed by atoms with Crippen molar-refractivity contribution >= 4 is 0 Å². The van der Waals surface area contributed by atoms with E-state index in [-0.39, 0.29) is 16.7 Å². The molecule has 5 heteroatoms. The van der Waals surface area contributed by atoms with Crippen LogP contribution < -0.4 is 0 Å². The fraction of sp³-hybridized carbons (Fsp3) is 0.0526. The Kier molecular flexibility index (Phi) is 4.09. The third-order valence-electron chi connectivity index (χ3n) is 3.58. The van der Waals surface area contributed by atoms with Gasteiger partial charge in [-0.15, -0.1) is 0 Å². The Morgan fingerprint density at radius 2 is 1.50 bits per heavy atom. The lowest BCUT2D eigenvalue weighted by Crippen LogP contribution is -2.09. The quantitative estimate of drug-likeness (QED) is 0.496. The molecule has 0 aliphatic carbocycles. The van der Waals surface area contributed by atoms with Gasteiger partial charge in [-0.25, -0.2) is 8.78 Å². The van der Waals surface area contributed by atoms with Crippen molar-refractivity contribution in [3.05, 3.63) is 83.9 Å². The number of rotatable bonds is 2. The second kappa shape index (κ2) is 6.07. The van der Waals surface area contributed by atoms with E-state index in [9.17, 15) is 22.0 Å². The highest BCUT2D eigenvalue weighted by Gasteiger charge is 2.35. The Hall–Kier alpha value is -2.69. The molecule has 3 rings (SSSR count). The van der Waals surface area contributed by atoms with Gasteiger partial charge in [0.25, 0.3) is 0 Å². The summed E-state index contributed by atoms with van der Waals surface area (Å²) in [4.78, 5) is 0. The Labute approximate surface area is 135 Å². The van der Waals surface area contributed by atoms with Crippen LogP contribution in [0.4, 0.5) is 22.0 Å². The first kappa shape index (κ1) is 16.2. The first-order valence-electron chi connectivity index (χ1n) is 7.00. The predicted octanol–water partition coefficient (Wildman–Crippen LogP) is 6.12. The lowest BCUT2D eigenvalue weighted by molar-refractivity contribution is -0.137. The smallest absolute Gasteiger partial charge is 0.207 e. The topological polar surface area (TPSA) is 0 Å². The van der Waals surface area contributed by atoms with E-state index in [1.54, 1.807) is 30.3 Å². The summed E-state index contributed by atoms with van der Waals surface area (Å²) in [6.07, 6.45) is -4.70. The van der Waals surface area contributed by atoms with E-state index >= 15 is 0 Å². The zero-order valence-corrected chi connectivity index (χ0v) is 12.2. The molecule has 0 aliphatic heterocycles. The van der Waals surface area contributed by atoms with Crippen LogP contribution in [0.1, 0.15) is 5.56 Å². The fourth-order valence-corrected chi connectivity index (χ4v) is 2.55. The Balaban J connectivity index is 2.36. The van der Waals surface area contributed by atoms with E-state index in [0.717, 1.165) is 18.2 Å². The van der Waals surface area contributed by atoms with Gasteiger partial charge in [0.1, 0.15) is 11.6 Å². The molecule has 0 atom stereocenters. The van der Waals surface area contributed by atoms with Crippen molar-refractivity contribution in [2.45, 2.75) is 6.18 Å². The van der Waals surface area contributed by atoms with Gasteiger partial charge < -0.3 is 0 Å². The minimum atomic E-state index is -4.70. The van der Waals surface area contributed by atoms with Gasteiger partial charge in [0.2, 0.25) is 0 Å². The maximum atomic E-state index is 14.2. The molecular formula is C19H10F5. The summed E-state index contributed by atoms with van der Waals surface area (Å²) >= 11 is 0. The van der Waals surface area contributed by atoms with E-state index in [2.05, 4.69) is 6.07 Å². The lowest BCUT2D eigenvalue weighted by atomic mass is 9.90. The van der Waals surface area contributed by atoms with Gasteiger partial charge in [0.15, 0.2) is 0 Å².